The normalized spacial score (nSPS) is 19.4. The predicted molar refractivity (Wildman–Crippen MR) is 57.9 cm³/mol. The molecule has 0 fully saturated rings. The molecule has 0 aromatic carbocycles. The van der Waals surface area contributed by atoms with Crippen LogP contribution in [0.15, 0.2) is 12.1 Å². The van der Waals surface area contributed by atoms with E-state index in [2.05, 4.69) is 10.3 Å². The highest BCUT2D eigenvalue weighted by Gasteiger charge is 2.34. The van der Waals surface area contributed by atoms with Gasteiger partial charge < -0.3 is 10.1 Å². The summed E-state index contributed by atoms with van der Waals surface area (Å²) in [5.41, 5.74) is 0.272. The lowest BCUT2D eigenvalue weighted by molar-refractivity contribution is -0.141. The average Bonchev–Trinajstić information content (AvgIpc) is 2.26. The first-order valence-corrected chi connectivity index (χ1v) is 4.84. The van der Waals surface area contributed by atoms with Crippen molar-refractivity contribution in [3.8, 4) is 0 Å². The average molecular weight is 269 g/mol. The Kier molecular flexibility index (Phi) is 4.35. The van der Waals surface area contributed by atoms with Gasteiger partial charge in [0, 0.05) is 0 Å². The molecule has 0 saturated carbocycles. The Morgan fingerprint density at radius 2 is 2.12 bits per heavy atom. The van der Waals surface area contributed by atoms with Crippen molar-refractivity contribution in [2.45, 2.75) is 18.8 Å². The minimum Gasteiger partial charge on any atom is -0.373 e. The first-order valence-electron chi connectivity index (χ1n) is 4.84. The summed E-state index contributed by atoms with van der Waals surface area (Å²) in [6, 6.07) is 2.39. The molecule has 1 aliphatic rings. The van der Waals surface area contributed by atoms with E-state index in [4.69, 9.17) is 4.74 Å². The molecule has 0 unspecified atom stereocenters. The standard InChI is InChI=1S/C10H11F3N2O.ClH/c1-14-7-4-16-5-8-6(7)2-3-9(15-8)10(11,12)13;/h2-3,7,14H,4-5H2,1H3;1H/t7-;/m1./s1. The topological polar surface area (TPSA) is 34.1 Å². The SMILES string of the molecule is CN[C@@H]1COCc2nc(C(F)(F)F)ccc21.Cl. The van der Waals surface area contributed by atoms with E-state index in [1.807, 2.05) is 0 Å². The number of nitrogens with one attached hydrogen (secondary N) is 1. The molecule has 2 rings (SSSR count). The quantitative estimate of drug-likeness (QED) is 0.849. The fourth-order valence-corrected chi connectivity index (χ4v) is 1.70. The molecule has 1 N–H and O–H groups in total. The molecule has 3 nitrogen and oxygen atoms in total. The summed E-state index contributed by atoms with van der Waals surface area (Å²) >= 11 is 0. The second kappa shape index (κ2) is 5.20. The van der Waals surface area contributed by atoms with Gasteiger partial charge in [0.2, 0.25) is 0 Å². The molecule has 0 radical (unpaired) electrons. The number of halogens is 4. The van der Waals surface area contributed by atoms with Crippen molar-refractivity contribution in [2.24, 2.45) is 0 Å². The van der Waals surface area contributed by atoms with Crippen LogP contribution in [0.25, 0.3) is 0 Å². The molecule has 1 aromatic heterocycles. The zero-order valence-corrected chi connectivity index (χ0v) is 9.86. The van der Waals surface area contributed by atoms with Crippen LogP contribution in [-0.4, -0.2) is 18.6 Å². The molecular formula is C10H12ClF3N2O. The molecule has 1 aliphatic heterocycles. The smallest absolute Gasteiger partial charge is 0.373 e. The van der Waals surface area contributed by atoms with E-state index in [1.165, 1.54) is 6.07 Å². The number of hydrogen-bond acceptors (Lipinski definition) is 3. The van der Waals surface area contributed by atoms with Gasteiger partial charge in [0.1, 0.15) is 5.69 Å². The van der Waals surface area contributed by atoms with Crippen LogP contribution in [0.5, 0.6) is 0 Å². The summed E-state index contributed by atoms with van der Waals surface area (Å²) in [6.45, 7) is 0.591. The van der Waals surface area contributed by atoms with Crippen molar-refractivity contribution in [2.75, 3.05) is 13.7 Å². The number of alkyl halides is 3. The van der Waals surface area contributed by atoms with Gasteiger partial charge in [0.15, 0.2) is 0 Å². The van der Waals surface area contributed by atoms with Gasteiger partial charge in [0.05, 0.1) is 24.9 Å². The lowest BCUT2D eigenvalue weighted by Crippen LogP contribution is -2.28. The molecular weight excluding hydrogens is 257 g/mol. The molecule has 0 amide bonds. The number of aromatic nitrogens is 1. The van der Waals surface area contributed by atoms with Crippen LogP contribution in [0.4, 0.5) is 13.2 Å². The van der Waals surface area contributed by atoms with Crippen molar-refractivity contribution in [3.63, 3.8) is 0 Å². The Labute approximate surface area is 103 Å². The molecule has 1 atom stereocenters. The second-order valence-electron chi connectivity index (χ2n) is 3.59. The lowest BCUT2D eigenvalue weighted by Gasteiger charge is -2.25. The number of ether oxygens (including phenoxy) is 1. The van der Waals surface area contributed by atoms with Gasteiger partial charge in [-0.05, 0) is 18.7 Å². The summed E-state index contributed by atoms with van der Waals surface area (Å²) in [4.78, 5) is 3.59. The monoisotopic (exact) mass is 268 g/mol. The molecule has 0 spiro atoms. The highest BCUT2D eigenvalue weighted by atomic mass is 35.5. The van der Waals surface area contributed by atoms with Crippen molar-refractivity contribution in [1.29, 1.82) is 0 Å². The zero-order chi connectivity index (χ0) is 11.8. The van der Waals surface area contributed by atoms with Crippen molar-refractivity contribution >= 4 is 12.4 Å². The van der Waals surface area contributed by atoms with Crippen LogP contribution in [0.3, 0.4) is 0 Å². The fourth-order valence-electron chi connectivity index (χ4n) is 1.70. The van der Waals surface area contributed by atoms with Gasteiger partial charge in [-0.3, -0.25) is 0 Å². The molecule has 2 heterocycles. The number of nitrogens with zero attached hydrogens (tertiary/aromatic N) is 1. The Bertz CT molecular complexity index is 398. The summed E-state index contributed by atoms with van der Waals surface area (Å²) in [6.07, 6.45) is -4.40. The third kappa shape index (κ3) is 2.88. The van der Waals surface area contributed by atoms with Crippen LogP contribution >= 0.6 is 12.4 Å². The highest BCUT2D eigenvalue weighted by Crippen LogP contribution is 2.31. The van der Waals surface area contributed by atoms with Gasteiger partial charge in [0.25, 0.3) is 0 Å². The first kappa shape index (κ1) is 14.2. The summed E-state index contributed by atoms with van der Waals surface area (Å²) in [5.74, 6) is 0. The van der Waals surface area contributed by atoms with E-state index in [-0.39, 0.29) is 25.1 Å². The van der Waals surface area contributed by atoms with Crippen molar-refractivity contribution < 1.29 is 17.9 Å². The summed E-state index contributed by atoms with van der Waals surface area (Å²) in [7, 11) is 1.74. The Morgan fingerprint density at radius 3 is 2.71 bits per heavy atom. The van der Waals surface area contributed by atoms with Gasteiger partial charge in [-0.15, -0.1) is 12.4 Å². The highest BCUT2D eigenvalue weighted by molar-refractivity contribution is 5.85. The van der Waals surface area contributed by atoms with Crippen molar-refractivity contribution in [3.05, 3.63) is 29.1 Å². The van der Waals surface area contributed by atoms with Gasteiger partial charge in [-0.2, -0.15) is 13.2 Å². The Balaban J connectivity index is 0.00000144. The first-order chi connectivity index (χ1) is 7.52. The molecule has 0 bridgehead atoms. The van der Waals surface area contributed by atoms with Crippen LogP contribution in [0, 0.1) is 0 Å². The van der Waals surface area contributed by atoms with E-state index in [0.717, 1.165) is 11.6 Å². The molecule has 7 heteroatoms. The largest absolute Gasteiger partial charge is 0.433 e. The lowest BCUT2D eigenvalue weighted by atomic mass is 10.0. The minimum atomic E-state index is -4.40. The van der Waals surface area contributed by atoms with Crippen LogP contribution < -0.4 is 5.32 Å². The molecule has 96 valence electrons. The third-order valence-electron chi connectivity index (χ3n) is 2.55. The summed E-state index contributed by atoms with van der Waals surface area (Å²) in [5, 5.41) is 2.97. The number of pyridine rings is 1. The Morgan fingerprint density at radius 1 is 1.41 bits per heavy atom. The maximum Gasteiger partial charge on any atom is 0.433 e. The van der Waals surface area contributed by atoms with Crippen LogP contribution in [-0.2, 0) is 17.5 Å². The fraction of sp³-hybridized carbons (Fsp3) is 0.500. The number of rotatable bonds is 1. The number of fused-ring (bicyclic) bond motifs is 1. The summed E-state index contributed by atoms with van der Waals surface area (Å²) < 4.78 is 42.4. The second-order valence-corrected chi connectivity index (χ2v) is 3.59. The van der Waals surface area contributed by atoms with E-state index < -0.39 is 11.9 Å². The number of likely N-dealkylation sites (N-methyl/N-ethyl adjacent to an activating group) is 1. The molecule has 0 aliphatic carbocycles. The molecule has 1 aromatic rings. The maximum absolute atomic E-state index is 12.4. The minimum absolute atomic E-state index is 0. The van der Waals surface area contributed by atoms with E-state index in [9.17, 15) is 13.2 Å². The Hall–Kier alpha value is -0.850. The van der Waals surface area contributed by atoms with Crippen LogP contribution in [0.1, 0.15) is 23.0 Å². The van der Waals surface area contributed by atoms with Gasteiger partial charge in [-0.1, -0.05) is 6.07 Å². The van der Waals surface area contributed by atoms with Crippen LogP contribution in [0.2, 0.25) is 0 Å². The van der Waals surface area contributed by atoms with Crippen molar-refractivity contribution in [1.82, 2.24) is 10.3 Å². The van der Waals surface area contributed by atoms with Gasteiger partial charge in [-0.25, -0.2) is 4.98 Å². The third-order valence-corrected chi connectivity index (χ3v) is 2.55. The molecule has 0 saturated heterocycles. The zero-order valence-electron chi connectivity index (χ0n) is 9.04. The molecule has 17 heavy (non-hydrogen) atoms. The number of hydrogen-bond donors (Lipinski definition) is 1. The predicted octanol–water partition coefficient (Wildman–Crippen LogP) is 2.31. The van der Waals surface area contributed by atoms with E-state index in [1.54, 1.807) is 7.05 Å². The van der Waals surface area contributed by atoms with E-state index >= 15 is 0 Å². The van der Waals surface area contributed by atoms with Gasteiger partial charge >= 0.3 is 6.18 Å². The maximum atomic E-state index is 12.4. The van der Waals surface area contributed by atoms with E-state index in [0.29, 0.717) is 12.3 Å².